The van der Waals surface area contributed by atoms with Gasteiger partial charge in [-0.05, 0) is 42.5 Å². The van der Waals surface area contributed by atoms with Crippen molar-refractivity contribution in [1.29, 1.82) is 0 Å². The van der Waals surface area contributed by atoms with Crippen molar-refractivity contribution in [2.75, 3.05) is 13.2 Å². The van der Waals surface area contributed by atoms with Gasteiger partial charge in [-0.15, -0.1) is 0 Å². The molecule has 6 heteroatoms. The maximum absolute atomic E-state index is 10.2. The number of hydrogen-bond acceptors (Lipinski definition) is 4. The Balaban J connectivity index is 0.000000376. The van der Waals surface area contributed by atoms with Crippen LogP contribution in [0.1, 0.15) is 47.4 Å². The molecule has 0 saturated heterocycles. The molecule has 0 aliphatic rings. The van der Waals surface area contributed by atoms with Gasteiger partial charge in [0, 0.05) is 13.2 Å². The van der Waals surface area contributed by atoms with Crippen molar-refractivity contribution in [3.05, 3.63) is 71.8 Å². The molecule has 0 saturated carbocycles. The van der Waals surface area contributed by atoms with Crippen LogP contribution >= 0.6 is 0 Å². The Bertz CT molecular complexity index is 603. The number of benzene rings is 2. The van der Waals surface area contributed by atoms with Crippen molar-refractivity contribution in [2.45, 2.75) is 26.7 Å². The van der Waals surface area contributed by atoms with Gasteiger partial charge in [-0.25, -0.2) is 9.59 Å². The van der Waals surface area contributed by atoms with E-state index >= 15 is 0 Å². The van der Waals surface area contributed by atoms with E-state index in [-0.39, 0.29) is 18.6 Å². The third kappa shape index (κ3) is 12.3. The first-order valence-corrected chi connectivity index (χ1v) is 8.52. The zero-order valence-electron chi connectivity index (χ0n) is 15.7. The summed E-state index contributed by atoms with van der Waals surface area (Å²) < 4.78 is 0. The summed E-state index contributed by atoms with van der Waals surface area (Å²) in [6, 6.07) is 16.6. The highest BCUT2D eigenvalue weighted by molar-refractivity contribution is 5.87. The molecular formula is C21H28O6. The van der Waals surface area contributed by atoms with E-state index in [9.17, 15) is 9.59 Å². The van der Waals surface area contributed by atoms with Crippen molar-refractivity contribution in [3.63, 3.8) is 0 Å². The predicted molar refractivity (Wildman–Crippen MR) is 104 cm³/mol. The summed E-state index contributed by atoms with van der Waals surface area (Å²) in [6.07, 6.45) is 1.67. The molecule has 0 spiro atoms. The first kappa shape index (κ1) is 24.3. The summed E-state index contributed by atoms with van der Waals surface area (Å²) in [5, 5.41) is 34.0. The van der Waals surface area contributed by atoms with Crippen LogP contribution in [0, 0.1) is 5.41 Å². The fourth-order valence-electron chi connectivity index (χ4n) is 1.80. The van der Waals surface area contributed by atoms with Crippen LogP contribution in [0.5, 0.6) is 0 Å². The quantitative estimate of drug-likeness (QED) is 0.613. The molecule has 0 unspecified atom stereocenters. The third-order valence-corrected chi connectivity index (χ3v) is 3.48. The number of carboxylic acid groups (broad SMARTS) is 2. The van der Waals surface area contributed by atoms with Crippen LogP contribution in [-0.2, 0) is 0 Å². The zero-order chi connectivity index (χ0) is 20.7. The molecule has 27 heavy (non-hydrogen) atoms. The molecule has 0 aromatic heterocycles. The molecule has 2 aromatic rings. The molecule has 0 fully saturated rings. The Labute approximate surface area is 159 Å². The number of aliphatic hydroxyl groups is 2. The average Bonchev–Trinajstić information content (AvgIpc) is 2.69. The highest BCUT2D eigenvalue weighted by atomic mass is 16.4. The van der Waals surface area contributed by atoms with Crippen molar-refractivity contribution >= 4 is 11.9 Å². The summed E-state index contributed by atoms with van der Waals surface area (Å²) in [5.74, 6) is -1.76. The summed E-state index contributed by atoms with van der Waals surface area (Å²) in [4.78, 5) is 20.4. The number of rotatable bonds is 6. The van der Waals surface area contributed by atoms with E-state index in [4.69, 9.17) is 20.4 Å². The SMILES string of the molecule is CC(C)(CO)CCCO.O=C(O)c1ccccc1.O=C(O)c1ccccc1. The van der Waals surface area contributed by atoms with Crippen LogP contribution in [0.15, 0.2) is 60.7 Å². The minimum atomic E-state index is -0.879. The molecule has 0 heterocycles. The first-order chi connectivity index (χ1) is 12.7. The van der Waals surface area contributed by atoms with E-state index in [0.717, 1.165) is 12.8 Å². The molecule has 0 bridgehead atoms. The van der Waals surface area contributed by atoms with Crippen LogP contribution in [0.2, 0.25) is 0 Å². The van der Waals surface area contributed by atoms with E-state index in [2.05, 4.69) is 0 Å². The van der Waals surface area contributed by atoms with E-state index in [0.29, 0.717) is 11.1 Å². The maximum atomic E-state index is 10.2. The van der Waals surface area contributed by atoms with Crippen molar-refractivity contribution < 1.29 is 30.0 Å². The number of carbonyl (C=O) groups is 2. The van der Waals surface area contributed by atoms with Gasteiger partial charge in [-0.1, -0.05) is 50.2 Å². The van der Waals surface area contributed by atoms with Gasteiger partial charge < -0.3 is 20.4 Å². The van der Waals surface area contributed by atoms with Gasteiger partial charge in [0.05, 0.1) is 11.1 Å². The maximum Gasteiger partial charge on any atom is 0.335 e. The van der Waals surface area contributed by atoms with Crippen LogP contribution in [0.25, 0.3) is 0 Å². The average molecular weight is 376 g/mol. The lowest BCUT2D eigenvalue weighted by atomic mass is 9.89. The minimum absolute atomic E-state index is 0.0112. The smallest absolute Gasteiger partial charge is 0.335 e. The molecule has 0 amide bonds. The molecule has 0 aliphatic carbocycles. The van der Waals surface area contributed by atoms with Crippen molar-refractivity contribution in [3.8, 4) is 0 Å². The molecular weight excluding hydrogens is 348 g/mol. The Morgan fingerprint density at radius 3 is 1.37 bits per heavy atom. The largest absolute Gasteiger partial charge is 0.478 e. The lowest BCUT2D eigenvalue weighted by Gasteiger charge is -2.20. The molecule has 2 aromatic carbocycles. The summed E-state index contributed by atoms with van der Waals surface area (Å²) in [5.41, 5.74) is 0.651. The normalized spacial score (nSPS) is 9.93. The Kier molecular flexibility index (Phi) is 12.1. The molecule has 0 aliphatic heterocycles. The lowest BCUT2D eigenvalue weighted by Crippen LogP contribution is -2.16. The van der Waals surface area contributed by atoms with E-state index in [1.54, 1.807) is 60.7 Å². The number of aromatic carboxylic acids is 2. The fraction of sp³-hybridized carbons (Fsp3) is 0.333. The Morgan fingerprint density at radius 1 is 0.778 bits per heavy atom. The molecule has 148 valence electrons. The van der Waals surface area contributed by atoms with Crippen LogP contribution in [-0.4, -0.2) is 45.6 Å². The number of hydrogen-bond donors (Lipinski definition) is 4. The Hall–Kier alpha value is -2.70. The van der Waals surface area contributed by atoms with Crippen LogP contribution < -0.4 is 0 Å². The van der Waals surface area contributed by atoms with Gasteiger partial charge in [0.1, 0.15) is 0 Å². The van der Waals surface area contributed by atoms with Gasteiger partial charge in [0.2, 0.25) is 0 Å². The number of aliphatic hydroxyl groups excluding tert-OH is 2. The number of carboxylic acids is 2. The second-order valence-electron chi connectivity index (χ2n) is 6.49. The van der Waals surface area contributed by atoms with Gasteiger partial charge in [-0.3, -0.25) is 0 Å². The van der Waals surface area contributed by atoms with E-state index in [1.165, 1.54) is 0 Å². The molecule has 6 nitrogen and oxygen atoms in total. The summed E-state index contributed by atoms with van der Waals surface area (Å²) >= 11 is 0. The molecule has 4 N–H and O–H groups in total. The van der Waals surface area contributed by atoms with E-state index in [1.807, 2.05) is 13.8 Å². The fourth-order valence-corrected chi connectivity index (χ4v) is 1.80. The highest BCUT2D eigenvalue weighted by Gasteiger charge is 2.14. The molecule has 0 atom stereocenters. The van der Waals surface area contributed by atoms with Gasteiger partial charge in [-0.2, -0.15) is 0 Å². The summed E-state index contributed by atoms with van der Waals surface area (Å²) in [7, 11) is 0. The third-order valence-electron chi connectivity index (χ3n) is 3.48. The molecule has 0 radical (unpaired) electrons. The Morgan fingerprint density at radius 2 is 1.15 bits per heavy atom. The summed E-state index contributed by atoms with van der Waals surface area (Å²) in [6.45, 7) is 4.40. The lowest BCUT2D eigenvalue weighted by molar-refractivity contribution is 0.0686. The van der Waals surface area contributed by atoms with Gasteiger partial charge in [0.25, 0.3) is 0 Å². The van der Waals surface area contributed by atoms with Gasteiger partial charge in [0.15, 0.2) is 0 Å². The zero-order valence-corrected chi connectivity index (χ0v) is 15.7. The van der Waals surface area contributed by atoms with E-state index < -0.39 is 11.9 Å². The van der Waals surface area contributed by atoms with Crippen molar-refractivity contribution in [1.82, 2.24) is 0 Å². The second-order valence-corrected chi connectivity index (χ2v) is 6.49. The monoisotopic (exact) mass is 376 g/mol. The second kappa shape index (κ2) is 13.5. The van der Waals surface area contributed by atoms with Crippen LogP contribution in [0.3, 0.4) is 0 Å². The molecule has 2 rings (SSSR count). The first-order valence-electron chi connectivity index (χ1n) is 8.52. The minimum Gasteiger partial charge on any atom is -0.478 e. The standard InChI is InChI=1S/2C7H6O2.C7H16O2/c2*8-7(9)6-4-2-1-3-5-6;1-7(2,6-9)4-3-5-8/h2*1-5H,(H,8,9);8-9H,3-6H2,1-2H3. The topological polar surface area (TPSA) is 115 Å². The predicted octanol–water partition coefficient (Wildman–Crippen LogP) is 3.55. The van der Waals surface area contributed by atoms with Crippen molar-refractivity contribution in [2.24, 2.45) is 5.41 Å². The highest BCUT2D eigenvalue weighted by Crippen LogP contribution is 2.20. The van der Waals surface area contributed by atoms with Crippen LogP contribution in [0.4, 0.5) is 0 Å². The van der Waals surface area contributed by atoms with Gasteiger partial charge >= 0.3 is 11.9 Å².